The van der Waals surface area contributed by atoms with E-state index in [9.17, 15) is 13.2 Å². The van der Waals surface area contributed by atoms with Gasteiger partial charge in [-0.15, -0.1) is 0 Å². The van der Waals surface area contributed by atoms with E-state index in [0.717, 1.165) is 68.2 Å². The molecule has 0 atom stereocenters. The molecule has 1 aromatic carbocycles. The molecule has 1 heterocycles. The predicted molar refractivity (Wildman–Crippen MR) is 107 cm³/mol. The van der Waals surface area contributed by atoms with Crippen LogP contribution in [0.25, 0.3) is 5.57 Å². The summed E-state index contributed by atoms with van der Waals surface area (Å²) in [6, 6.07) is 5.25. The zero-order valence-electron chi connectivity index (χ0n) is 16.2. The lowest BCUT2D eigenvalue weighted by Gasteiger charge is -2.30. The number of carbonyl (C=O) groups is 1. The van der Waals surface area contributed by atoms with Gasteiger partial charge in [-0.05, 0) is 56.7 Å². The van der Waals surface area contributed by atoms with Crippen LogP contribution >= 0.6 is 0 Å². The molecule has 0 N–H and O–H groups in total. The number of carbonyl (C=O) groups excluding carboxylic acids is 1. The number of sulfonamides is 1. The van der Waals surface area contributed by atoms with Crippen molar-refractivity contribution in [3.05, 3.63) is 29.3 Å². The number of hydrogen-bond donors (Lipinski definition) is 0. The first-order chi connectivity index (χ1) is 12.9. The molecule has 0 aromatic heterocycles. The summed E-state index contributed by atoms with van der Waals surface area (Å²) in [5.41, 5.74) is 3.52. The molecule has 0 spiro atoms. The lowest BCUT2D eigenvalue weighted by Crippen LogP contribution is -2.38. The van der Waals surface area contributed by atoms with Crippen LogP contribution in [0.5, 0.6) is 0 Å². The molecule has 2 aliphatic carbocycles. The average Bonchev–Trinajstić information content (AvgIpc) is 3.29. The molecule has 0 bridgehead atoms. The molecule has 27 heavy (non-hydrogen) atoms. The van der Waals surface area contributed by atoms with Crippen molar-refractivity contribution in [3.8, 4) is 0 Å². The number of hydrogen-bond acceptors (Lipinski definition) is 3. The fourth-order valence-electron chi connectivity index (χ4n) is 4.76. The minimum absolute atomic E-state index is 0.00270. The maximum Gasteiger partial charge on any atom is 0.258 e. The summed E-state index contributed by atoms with van der Waals surface area (Å²) in [6.45, 7) is 0. The number of allylic oxidation sites excluding steroid dienone is 1. The minimum atomic E-state index is -3.56. The first-order valence-corrected chi connectivity index (χ1v) is 11.5. The fraction of sp³-hybridized carbons (Fsp3) is 0.571. The number of rotatable bonds is 3. The van der Waals surface area contributed by atoms with Crippen molar-refractivity contribution in [3.63, 3.8) is 0 Å². The van der Waals surface area contributed by atoms with Crippen LogP contribution in [-0.2, 0) is 14.8 Å². The Balaban J connectivity index is 1.74. The van der Waals surface area contributed by atoms with E-state index < -0.39 is 10.0 Å². The molecule has 0 saturated heterocycles. The van der Waals surface area contributed by atoms with Gasteiger partial charge in [0.05, 0.1) is 10.6 Å². The van der Waals surface area contributed by atoms with E-state index in [2.05, 4.69) is 0 Å². The molecule has 1 amide bonds. The van der Waals surface area contributed by atoms with E-state index in [1.165, 1.54) is 12.0 Å². The Morgan fingerprint density at radius 3 is 2.37 bits per heavy atom. The van der Waals surface area contributed by atoms with Crippen LogP contribution in [0.2, 0.25) is 0 Å². The van der Waals surface area contributed by atoms with Gasteiger partial charge in [0.1, 0.15) is 0 Å². The summed E-state index contributed by atoms with van der Waals surface area (Å²) in [7, 11) is -0.0908. The third kappa shape index (κ3) is 3.13. The van der Waals surface area contributed by atoms with Gasteiger partial charge < -0.3 is 4.90 Å². The Morgan fingerprint density at radius 2 is 1.70 bits per heavy atom. The Morgan fingerprint density at radius 1 is 1.04 bits per heavy atom. The van der Waals surface area contributed by atoms with Gasteiger partial charge in [-0.2, -0.15) is 4.31 Å². The summed E-state index contributed by atoms with van der Waals surface area (Å²) in [5.74, 6) is -0.00270. The standard InChI is InChI=1S/C21H28N2O3S/c1-22-19-13-12-17(27(25,26)23(2)16-10-4-3-5-11-16)14-18(19)20(21(22)24)15-8-6-7-9-15/h12-14,16H,3-11H2,1-2H3. The Hall–Kier alpha value is -1.66. The minimum Gasteiger partial charge on any atom is -0.311 e. The molecular formula is C21H28N2O3S. The first kappa shape index (κ1) is 18.7. The number of likely N-dealkylation sites (N-methyl/N-ethyl adjacent to an activating group) is 1. The van der Waals surface area contributed by atoms with E-state index >= 15 is 0 Å². The van der Waals surface area contributed by atoms with Crippen molar-refractivity contribution >= 4 is 27.2 Å². The quantitative estimate of drug-likeness (QED) is 0.737. The van der Waals surface area contributed by atoms with Crippen LogP contribution in [-0.4, -0.2) is 38.8 Å². The Bertz CT molecular complexity index is 890. The van der Waals surface area contributed by atoms with E-state index in [1.807, 2.05) is 0 Å². The van der Waals surface area contributed by atoms with Gasteiger partial charge in [-0.3, -0.25) is 4.79 Å². The van der Waals surface area contributed by atoms with E-state index in [4.69, 9.17) is 0 Å². The third-order valence-electron chi connectivity index (χ3n) is 6.44. The highest BCUT2D eigenvalue weighted by atomic mass is 32.2. The third-order valence-corrected chi connectivity index (χ3v) is 8.35. The number of amides is 1. The van der Waals surface area contributed by atoms with Gasteiger partial charge in [0.2, 0.25) is 10.0 Å². The molecule has 1 aliphatic heterocycles. The van der Waals surface area contributed by atoms with Gasteiger partial charge in [0.15, 0.2) is 0 Å². The highest BCUT2D eigenvalue weighted by Crippen LogP contribution is 2.43. The summed E-state index contributed by atoms with van der Waals surface area (Å²) in [6.07, 6.45) is 9.30. The molecule has 146 valence electrons. The molecular weight excluding hydrogens is 360 g/mol. The molecule has 5 nitrogen and oxygen atoms in total. The second kappa shape index (κ2) is 7.06. The maximum absolute atomic E-state index is 13.2. The highest BCUT2D eigenvalue weighted by Gasteiger charge is 2.35. The highest BCUT2D eigenvalue weighted by molar-refractivity contribution is 7.89. The first-order valence-electron chi connectivity index (χ1n) is 10.0. The molecule has 2 fully saturated rings. The number of nitrogens with zero attached hydrogens (tertiary/aromatic N) is 2. The summed E-state index contributed by atoms with van der Waals surface area (Å²) >= 11 is 0. The molecule has 1 aromatic rings. The molecule has 4 rings (SSSR count). The zero-order chi connectivity index (χ0) is 19.2. The SMILES string of the molecule is CN1C(=O)C(=C2CCCC2)c2cc(S(=O)(=O)N(C)C3CCCCC3)ccc21. The summed E-state index contributed by atoms with van der Waals surface area (Å²) in [5, 5.41) is 0. The summed E-state index contributed by atoms with van der Waals surface area (Å²) < 4.78 is 28.0. The zero-order valence-corrected chi connectivity index (χ0v) is 17.0. The lowest BCUT2D eigenvalue weighted by atomic mass is 9.96. The van der Waals surface area contributed by atoms with Crippen LogP contribution in [0.15, 0.2) is 28.7 Å². The van der Waals surface area contributed by atoms with Crippen LogP contribution in [0.1, 0.15) is 63.4 Å². The van der Waals surface area contributed by atoms with Gasteiger partial charge in [-0.25, -0.2) is 8.42 Å². The average molecular weight is 389 g/mol. The van der Waals surface area contributed by atoms with Crippen molar-refractivity contribution in [2.24, 2.45) is 0 Å². The van der Waals surface area contributed by atoms with Crippen LogP contribution in [0, 0.1) is 0 Å². The maximum atomic E-state index is 13.2. The Labute approximate surface area is 162 Å². The number of anilines is 1. The van der Waals surface area contributed by atoms with Crippen molar-refractivity contribution in [2.45, 2.75) is 68.7 Å². The van der Waals surface area contributed by atoms with Gasteiger partial charge in [0, 0.05) is 31.3 Å². The summed E-state index contributed by atoms with van der Waals surface area (Å²) in [4.78, 5) is 14.7. The van der Waals surface area contributed by atoms with Gasteiger partial charge in [-0.1, -0.05) is 24.8 Å². The van der Waals surface area contributed by atoms with E-state index in [1.54, 1.807) is 41.5 Å². The lowest BCUT2D eigenvalue weighted by molar-refractivity contribution is -0.112. The van der Waals surface area contributed by atoms with Crippen molar-refractivity contribution < 1.29 is 13.2 Å². The molecule has 0 unspecified atom stereocenters. The van der Waals surface area contributed by atoms with Gasteiger partial charge in [0.25, 0.3) is 5.91 Å². The van der Waals surface area contributed by atoms with Crippen molar-refractivity contribution in [1.82, 2.24) is 4.31 Å². The van der Waals surface area contributed by atoms with Crippen LogP contribution in [0.4, 0.5) is 5.69 Å². The molecule has 6 heteroatoms. The number of fused-ring (bicyclic) bond motifs is 1. The van der Waals surface area contributed by atoms with Crippen LogP contribution in [0.3, 0.4) is 0 Å². The monoisotopic (exact) mass is 388 g/mol. The van der Waals surface area contributed by atoms with Crippen LogP contribution < -0.4 is 4.90 Å². The largest absolute Gasteiger partial charge is 0.311 e. The second-order valence-electron chi connectivity index (χ2n) is 8.04. The Kier molecular flexibility index (Phi) is 4.89. The molecule has 0 radical (unpaired) electrons. The van der Waals surface area contributed by atoms with E-state index in [0.29, 0.717) is 4.90 Å². The van der Waals surface area contributed by atoms with Crippen molar-refractivity contribution in [2.75, 3.05) is 19.0 Å². The smallest absolute Gasteiger partial charge is 0.258 e. The molecule has 3 aliphatic rings. The second-order valence-corrected chi connectivity index (χ2v) is 10.0. The fourth-order valence-corrected chi connectivity index (χ4v) is 6.20. The topological polar surface area (TPSA) is 57.7 Å². The predicted octanol–water partition coefficient (Wildman–Crippen LogP) is 3.94. The normalized spacial score (nSPS) is 21.4. The number of benzene rings is 1. The molecule has 2 saturated carbocycles. The van der Waals surface area contributed by atoms with Gasteiger partial charge >= 0.3 is 0 Å². The van der Waals surface area contributed by atoms with Crippen molar-refractivity contribution in [1.29, 1.82) is 0 Å². The van der Waals surface area contributed by atoms with E-state index in [-0.39, 0.29) is 11.9 Å².